The first-order valence-electron chi connectivity index (χ1n) is 9.10. The largest absolute Gasteiger partial charge is 0.324 e. The van der Waals surface area contributed by atoms with Crippen molar-refractivity contribution in [3.8, 4) is 0 Å². The van der Waals surface area contributed by atoms with Crippen molar-refractivity contribution in [1.82, 2.24) is 15.1 Å². The van der Waals surface area contributed by atoms with Crippen LogP contribution in [0.4, 0.5) is 0 Å². The molecule has 0 aliphatic carbocycles. The SMILES string of the molecule is CC1(N)CCN(Cc2ccc3c(c2)CN(C2CCC(=O)NC2=O)C3=O)C1. The number of rotatable bonds is 3. The number of nitrogens with two attached hydrogens (primary N) is 1. The highest BCUT2D eigenvalue weighted by molar-refractivity contribution is 6.05. The number of fused-ring (bicyclic) bond motifs is 1. The van der Waals surface area contributed by atoms with E-state index >= 15 is 0 Å². The molecule has 7 heteroatoms. The number of imide groups is 1. The number of benzene rings is 1. The van der Waals surface area contributed by atoms with Gasteiger partial charge in [0, 0.05) is 43.7 Å². The number of carbonyl (C=O) groups is 3. The van der Waals surface area contributed by atoms with Gasteiger partial charge in [0.25, 0.3) is 5.91 Å². The molecular weight excluding hydrogens is 332 g/mol. The second-order valence-corrected chi connectivity index (χ2v) is 8.01. The summed E-state index contributed by atoms with van der Waals surface area (Å²) in [5, 5.41) is 2.33. The molecule has 0 aromatic heterocycles. The lowest BCUT2D eigenvalue weighted by atomic mass is 10.0. The van der Waals surface area contributed by atoms with Gasteiger partial charge >= 0.3 is 0 Å². The van der Waals surface area contributed by atoms with E-state index in [0.717, 1.165) is 37.2 Å². The number of hydrogen-bond acceptors (Lipinski definition) is 5. The predicted molar refractivity (Wildman–Crippen MR) is 95.0 cm³/mol. The van der Waals surface area contributed by atoms with Crippen molar-refractivity contribution >= 4 is 17.7 Å². The average Bonchev–Trinajstić information content (AvgIpc) is 3.07. The molecule has 26 heavy (non-hydrogen) atoms. The van der Waals surface area contributed by atoms with Gasteiger partial charge in [0.2, 0.25) is 11.8 Å². The number of hydrogen-bond donors (Lipinski definition) is 2. The Balaban J connectivity index is 1.48. The summed E-state index contributed by atoms with van der Waals surface area (Å²) < 4.78 is 0. The van der Waals surface area contributed by atoms with Gasteiger partial charge in [-0.05, 0) is 37.0 Å². The maximum Gasteiger partial charge on any atom is 0.255 e. The third kappa shape index (κ3) is 3.12. The lowest BCUT2D eigenvalue weighted by Crippen LogP contribution is -2.52. The first-order valence-corrected chi connectivity index (χ1v) is 9.10. The zero-order valence-corrected chi connectivity index (χ0v) is 15.0. The lowest BCUT2D eigenvalue weighted by molar-refractivity contribution is -0.136. The quantitative estimate of drug-likeness (QED) is 0.763. The lowest BCUT2D eigenvalue weighted by Gasteiger charge is -2.29. The first kappa shape index (κ1) is 17.2. The Labute approximate surface area is 152 Å². The van der Waals surface area contributed by atoms with Crippen LogP contribution in [0.2, 0.25) is 0 Å². The minimum absolute atomic E-state index is 0.128. The predicted octanol–water partition coefficient (Wildman–Crippen LogP) is 0.371. The van der Waals surface area contributed by atoms with Crippen LogP contribution in [-0.4, -0.2) is 52.2 Å². The molecule has 0 bridgehead atoms. The average molecular weight is 356 g/mol. The van der Waals surface area contributed by atoms with Crippen LogP contribution in [0.25, 0.3) is 0 Å². The number of likely N-dealkylation sites (tertiary alicyclic amines) is 1. The van der Waals surface area contributed by atoms with Crippen molar-refractivity contribution < 1.29 is 14.4 Å². The summed E-state index contributed by atoms with van der Waals surface area (Å²) in [7, 11) is 0. The molecule has 0 radical (unpaired) electrons. The molecular formula is C19H24N4O3. The van der Waals surface area contributed by atoms with Crippen LogP contribution < -0.4 is 11.1 Å². The van der Waals surface area contributed by atoms with Gasteiger partial charge in [-0.2, -0.15) is 0 Å². The zero-order valence-electron chi connectivity index (χ0n) is 15.0. The van der Waals surface area contributed by atoms with Crippen molar-refractivity contribution in [3.63, 3.8) is 0 Å². The Bertz CT molecular complexity index is 789. The van der Waals surface area contributed by atoms with Crippen molar-refractivity contribution in [3.05, 3.63) is 34.9 Å². The van der Waals surface area contributed by atoms with Crippen molar-refractivity contribution in [2.75, 3.05) is 13.1 Å². The molecule has 3 amide bonds. The molecule has 1 aromatic carbocycles. The van der Waals surface area contributed by atoms with Crippen molar-refractivity contribution in [2.45, 2.75) is 50.9 Å². The number of nitrogens with one attached hydrogen (secondary N) is 1. The van der Waals surface area contributed by atoms with E-state index in [0.29, 0.717) is 18.5 Å². The van der Waals surface area contributed by atoms with E-state index in [4.69, 9.17) is 5.73 Å². The third-order valence-corrected chi connectivity index (χ3v) is 5.58. The van der Waals surface area contributed by atoms with E-state index in [1.54, 1.807) is 4.90 Å². The Hall–Kier alpha value is -2.25. The van der Waals surface area contributed by atoms with E-state index < -0.39 is 6.04 Å². The molecule has 1 aromatic rings. The number of nitrogens with zero attached hydrogens (tertiary/aromatic N) is 2. The highest BCUT2D eigenvalue weighted by Gasteiger charge is 2.39. The fourth-order valence-electron chi connectivity index (χ4n) is 4.20. The molecule has 138 valence electrons. The van der Waals surface area contributed by atoms with Gasteiger partial charge in [-0.25, -0.2) is 0 Å². The smallest absolute Gasteiger partial charge is 0.255 e. The van der Waals surface area contributed by atoms with Crippen LogP contribution in [0, 0.1) is 0 Å². The maximum absolute atomic E-state index is 12.7. The number of carbonyl (C=O) groups excluding carboxylic acids is 3. The van der Waals surface area contributed by atoms with Gasteiger partial charge in [0.1, 0.15) is 6.04 Å². The molecule has 3 N–H and O–H groups in total. The summed E-state index contributed by atoms with van der Waals surface area (Å²) in [6.45, 7) is 5.15. The first-order chi connectivity index (χ1) is 12.3. The summed E-state index contributed by atoms with van der Waals surface area (Å²) in [4.78, 5) is 40.1. The Morgan fingerprint density at radius 3 is 2.81 bits per heavy atom. The van der Waals surface area contributed by atoms with Crippen LogP contribution >= 0.6 is 0 Å². The van der Waals surface area contributed by atoms with Gasteiger partial charge in [-0.15, -0.1) is 0 Å². The number of amides is 3. The van der Waals surface area contributed by atoms with Crippen molar-refractivity contribution in [1.29, 1.82) is 0 Å². The van der Waals surface area contributed by atoms with E-state index in [2.05, 4.69) is 23.2 Å². The molecule has 2 unspecified atom stereocenters. The molecule has 3 aliphatic rings. The van der Waals surface area contributed by atoms with Gasteiger partial charge in [0.05, 0.1) is 0 Å². The van der Waals surface area contributed by atoms with Crippen LogP contribution in [0.1, 0.15) is 47.7 Å². The van der Waals surface area contributed by atoms with E-state index in [1.165, 1.54) is 0 Å². The molecule has 2 atom stereocenters. The van der Waals surface area contributed by atoms with Crippen LogP contribution in [-0.2, 0) is 22.7 Å². The van der Waals surface area contributed by atoms with Gasteiger partial charge in [0.15, 0.2) is 0 Å². The van der Waals surface area contributed by atoms with E-state index in [-0.39, 0.29) is 29.7 Å². The van der Waals surface area contributed by atoms with E-state index in [9.17, 15) is 14.4 Å². The van der Waals surface area contributed by atoms with Gasteiger partial charge in [-0.1, -0.05) is 12.1 Å². The highest BCUT2D eigenvalue weighted by atomic mass is 16.2. The number of piperidine rings is 1. The Morgan fingerprint density at radius 1 is 1.31 bits per heavy atom. The van der Waals surface area contributed by atoms with Crippen LogP contribution in [0.5, 0.6) is 0 Å². The molecule has 7 nitrogen and oxygen atoms in total. The molecule has 2 fully saturated rings. The molecule has 3 aliphatic heterocycles. The highest BCUT2D eigenvalue weighted by Crippen LogP contribution is 2.29. The molecule has 0 saturated carbocycles. The standard InChI is InChI=1S/C19H24N4O3/c1-19(20)6-7-22(11-19)9-12-2-3-14-13(8-12)10-23(18(14)26)15-4-5-16(24)21-17(15)25/h2-3,8,15H,4-7,9-11,20H2,1H3,(H,21,24,25). The molecule has 2 saturated heterocycles. The zero-order chi connectivity index (χ0) is 18.5. The minimum Gasteiger partial charge on any atom is -0.324 e. The Morgan fingerprint density at radius 2 is 2.12 bits per heavy atom. The Kier molecular flexibility index (Phi) is 4.08. The van der Waals surface area contributed by atoms with Crippen molar-refractivity contribution in [2.24, 2.45) is 5.73 Å². The normalized spacial score (nSPS) is 29.2. The topological polar surface area (TPSA) is 95.7 Å². The fraction of sp³-hybridized carbons (Fsp3) is 0.526. The van der Waals surface area contributed by atoms with Crippen LogP contribution in [0.15, 0.2) is 18.2 Å². The summed E-state index contributed by atoms with van der Waals surface area (Å²) in [6.07, 6.45) is 1.65. The second kappa shape index (κ2) is 6.17. The fourth-order valence-corrected chi connectivity index (χ4v) is 4.20. The summed E-state index contributed by atoms with van der Waals surface area (Å²) in [6, 6.07) is 5.34. The molecule has 4 rings (SSSR count). The third-order valence-electron chi connectivity index (χ3n) is 5.58. The van der Waals surface area contributed by atoms with Crippen LogP contribution in [0.3, 0.4) is 0 Å². The van der Waals surface area contributed by atoms with E-state index in [1.807, 2.05) is 12.1 Å². The summed E-state index contributed by atoms with van der Waals surface area (Å²) in [5.74, 6) is -0.770. The van der Waals surface area contributed by atoms with Gasteiger partial charge < -0.3 is 10.6 Å². The molecule has 3 heterocycles. The molecule has 0 spiro atoms. The maximum atomic E-state index is 12.7. The second-order valence-electron chi connectivity index (χ2n) is 8.01. The van der Waals surface area contributed by atoms with Gasteiger partial charge in [-0.3, -0.25) is 24.6 Å². The summed E-state index contributed by atoms with van der Waals surface area (Å²) in [5.41, 5.74) is 8.83. The minimum atomic E-state index is -0.562. The summed E-state index contributed by atoms with van der Waals surface area (Å²) >= 11 is 0. The monoisotopic (exact) mass is 356 g/mol.